The van der Waals surface area contributed by atoms with Gasteiger partial charge in [0, 0.05) is 24.0 Å². The molecule has 30 heavy (non-hydrogen) atoms. The highest BCUT2D eigenvalue weighted by Gasteiger charge is 2.29. The van der Waals surface area contributed by atoms with Crippen LogP contribution in [0.3, 0.4) is 0 Å². The van der Waals surface area contributed by atoms with Crippen LogP contribution >= 0.6 is 8.58 Å². The van der Waals surface area contributed by atoms with E-state index in [0.717, 1.165) is 12.2 Å². The van der Waals surface area contributed by atoms with Crippen molar-refractivity contribution in [3.8, 4) is 5.75 Å². The van der Waals surface area contributed by atoms with Gasteiger partial charge in [-0.1, -0.05) is 88.2 Å². The maximum Gasteiger partial charge on any atom is 0.123 e. The zero-order valence-electron chi connectivity index (χ0n) is 18.7. The topological polar surface area (TPSA) is 21.6 Å². The minimum Gasteiger partial charge on any atom is -0.489 e. The fraction of sp³-hybridized carbons (Fsp3) is 0.296. The van der Waals surface area contributed by atoms with Crippen LogP contribution in [0.25, 0.3) is 0 Å². The van der Waals surface area contributed by atoms with Crippen molar-refractivity contribution < 1.29 is 4.74 Å². The van der Waals surface area contributed by atoms with Gasteiger partial charge in [-0.25, -0.2) is 0 Å². The fourth-order valence-corrected chi connectivity index (χ4v) is 5.17. The predicted octanol–water partition coefficient (Wildman–Crippen LogP) is 6.56. The van der Waals surface area contributed by atoms with Gasteiger partial charge in [-0.2, -0.15) is 0 Å². The summed E-state index contributed by atoms with van der Waals surface area (Å²) in [5.41, 5.74) is 6.22. The maximum atomic E-state index is 6.34. The Bertz CT molecular complexity index is 1010. The standard InChI is InChI=1S/C27H32NOP/c1-6-27(4,30-26-15-13-20(2)16-23(26)18-28-5)24-17-21(3)12-14-25(24)29-19-22-10-8-7-9-11-22/h7-18,30H,6,19H2,1-5H3. The lowest BCUT2D eigenvalue weighted by Gasteiger charge is -2.32. The average molecular weight is 418 g/mol. The first-order valence-electron chi connectivity index (χ1n) is 10.5. The molecule has 2 atom stereocenters. The van der Waals surface area contributed by atoms with Crippen LogP contribution in [0, 0.1) is 13.8 Å². The molecule has 0 aliphatic carbocycles. The second kappa shape index (κ2) is 10.0. The Morgan fingerprint density at radius 1 is 0.967 bits per heavy atom. The molecule has 3 heteroatoms. The van der Waals surface area contributed by atoms with Crippen LogP contribution in [0.5, 0.6) is 5.75 Å². The summed E-state index contributed by atoms with van der Waals surface area (Å²) in [5.74, 6) is 0.985. The highest BCUT2D eigenvalue weighted by molar-refractivity contribution is 7.48. The molecule has 2 unspecified atom stereocenters. The van der Waals surface area contributed by atoms with Crippen LogP contribution in [0.2, 0.25) is 0 Å². The van der Waals surface area contributed by atoms with Gasteiger partial charge in [0.2, 0.25) is 0 Å². The third kappa shape index (κ3) is 5.37. The molecule has 3 aromatic carbocycles. The molecule has 156 valence electrons. The molecule has 0 radical (unpaired) electrons. The lowest BCUT2D eigenvalue weighted by molar-refractivity contribution is 0.299. The van der Waals surface area contributed by atoms with Crippen molar-refractivity contribution in [2.75, 3.05) is 7.05 Å². The van der Waals surface area contributed by atoms with E-state index in [2.05, 4.69) is 93.4 Å². The minimum atomic E-state index is -0.0103. The molecule has 2 nitrogen and oxygen atoms in total. The molecule has 0 bridgehead atoms. The van der Waals surface area contributed by atoms with Crippen molar-refractivity contribution >= 4 is 20.1 Å². The first kappa shape index (κ1) is 22.2. The summed E-state index contributed by atoms with van der Waals surface area (Å²) < 4.78 is 6.34. The van der Waals surface area contributed by atoms with Gasteiger partial charge in [-0.05, 0) is 48.8 Å². The van der Waals surface area contributed by atoms with E-state index in [1.54, 1.807) is 0 Å². The van der Waals surface area contributed by atoms with Gasteiger partial charge in [0.15, 0.2) is 0 Å². The molecule has 0 heterocycles. The highest BCUT2D eigenvalue weighted by atomic mass is 31.1. The number of hydrogen-bond acceptors (Lipinski definition) is 2. The van der Waals surface area contributed by atoms with E-state index in [0.29, 0.717) is 15.2 Å². The molecule has 0 aliphatic rings. The lowest BCUT2D eigenvalue weighted by atomic mass is 9.95. The van der Waals surface area contributed by atoms with Gasteiger partial charge in [0.1, 0.15) is 12.4 Å². The Balaban J connectivity index is 1.96. The van der Waals surface area contributed by atoms with Crippen LogP contribution in [-0.4, -0.2) is 13.3 Å². The van der Waals surface area contributed by atoms with Gasteiger partial charge in [0.05, 0.1) is 0 Å². The zero-order chi connectivity index (χ0) is 21.6. The maximum absolute atomic E-state index is 6.34. The lowest BCUT2D eigenvalue weighted by Crippen LogP contribution is -2.21. The Labute approximate surface area is 183 Å². The first-order chi connectivity index (χ1) is 14.4. The summed E-state index contributed by atoms with van der Waals surface area (Å²) >= 11 is 0. The Morgan fingerprint density at radius 2 is 1.67 bits per heavy atom. The number of ether oxygens (including phenoxy) is 1. The Hall–Kier alpha value is -2.44. The molecule has 0 N–H and O–H groups in total. The second-order valence-corrected chi connectivity index (χ2v) is 9.95. The summed E-state index contributed by atoms with van der Waals surface area (Å²) in [7, 11) is 2.46. The molecule has 0 aliphatic heterocycles. The number of hydrogen-bond donors (Lipinski definition) is 0. The van der Waals surface area contributed by atoms with Crippen LogP contribution in [0.4, 0.5) is 0 Å². The second-order valence-electron chi connectivity index (χ2n) is 8.06. The quantitative estimate of drug-likeness (QED) is 0.300. The molecule has 0 saturated carbocycles. The van der Waals surface area contributed by atoms with Crippen LogP contribution in [-0.2, 0) is 11.8 Å². The van der Waals surface area contributed by atoms with E-state index in [4.69, 9.17) is 4.74 Å². The summed E-state index contributed by atoms with van der Waals surface area (Å²) in [6.45, 7) is 9.51. The number of aliphatic imine (C=N–C) groups is 1. The summed E-state index contributed by atoms with van der Waals surface area (Å²) in [6, 6.07) is 23.6. The number of benzene rings is 3. The van der Waals surface area contributed by atoms with Crippen LogP contribution in [0.15, 0.2) is 71.7 Å². The number of rotatable bonds is 8. The van der Waals surface area contributed by atoms with Crippen molar-refractivity contribution in [2.24, 2.45) is 4.99 Å². The van der Waals surface area contributed by atoms with E-state index in [1.807, 2.05) is 19.3 Å². The molecule has 0 fully saturated rings. The van der Waals surface area contributed by atoms with Gasteiger partial charge in [-0.15, -0.1) is 0 Å². The molecule has 3 rings (SSSR count). The zero-order valence-corrected chi connectivity index (χ0v) is 19.7. The van der Waals surface area contributed by atoms with Crippen molar-refractivity contribution in [1.29, 1.82) is 0 Å². The average Bonchev–Trinajstić information content (AvgIpc) is 2.75. The van der Waals surface area contributed by atoms with Gasteiger partial charge < -0.3 is 4.74 Å². The van der Waals surface area contributed by atoms with E-state index in [9.17, 15) is 0 Å². The molecule has 0 saturated heterocycles. The third-order valence-corrected chi connectivity index (χ3v) is 7.46. The van der Waals surface area contributed by atoms with E-state index < -0.39 is 0 Å². The van der Waals surface area contributed by atoms with Gasteiger partial charge in [-0.3, -0.25) is 4.99 Å². The van der Waals surface area contributed by atoms with E-state index in [-0.39, 0.29) is 5.16 Å². The molecule has 3 aromatic rings. The molecule has 0 spiro atoms. The smallest absolute Gasteiger partial charge is 0.123 e. The minimum absolute atomic E-state index is 0.0103. The van der Waals surface area contributed by atoms with Crippen molar-refractivity contribution in [2.45, 2.75) is 45.9 Å². The van der Waals surface area contributed by atoms with Crippen molar-refractivity contribution in [3.63, 3.8) is 0 Å². The normalized spacial score (nSPS) is 13.8. The molecular formula is C27H32NOP. The number of aryl methyl sites for hydroxylation is 2. The highest BCUT2D eigenvalue weighted by Crippen LogP contribution is 2.48. The molecule has 0 aromatic heterocycles. The summed E-state index contributed by atoms with van der Waals surface area (Å²) in [6.07, 6.45) is 3.02. The van der Waals surface area contributed by atoms with E-state index in [1.165, 1.54) is 33.1 Å². The molecular weight excluding hydrogens is 385 g/mol. The summed E-state index contributed by atoms with van der Waals surface area (Å²) in [4.78, 5) is 4.29. The Kier molecular flexibility index (Phi) is 7.45. The number of nitrogens with zero attached hydrogens (tertiary/aromatic N) is 1. The molecule has 0 amide bonds. The third-order valence-electron chi connectivity index (χ3n) is 5.56. The monoisotopic (exact) mass is 417 g/mol. The Morgan fingerprint density at radius 3 is 2.37 bits per heavy atom. The van der Waals surface area contributed by atoms with Crippen molar-refractivity contribution in [1.82, 2.24) is 0 Å². The van der Waals surface area contributed by atoms with Crippen LogP contribution in [0.1, 0.15) is 48.1 Å². The summed E-state index contributed by atoms with van der Waals surface area (Å²) in [5, 5.41) is 1.34. The predicted molar refractivity (Wildman–Crippen MR) is 132 cm³/mol. The fourth-order valence-electron chi connectivity index (χ4n) is 3.62. The van der Waals surface area contributed by atoms with Gasteiger partial charge in [0.25, 0.3) is 0 Å². The largest absolute Gasteiger partial charge is 0.489 e. The van der Waals surface area contributed by atoms with Gasteiger partial charge >= 0.3 is 0 Å². The first-order valence-corrected chi connectivity index (χ1v) is 11.5. The van der Waals surface area contributed by atoms with E-state index >= 15 is 0 Å². The van der Waals surface area contributed by atoms with Crippen molar-refractivity contribution in [3.05, 3.63) is 94.5 Å². The SMILES string of the molecule is CCC(C)(Pc1ccc(C)cc1C=NC)c1cc(C)ccc1OCc1ccccc1. The van der Waals surface area contributed by atoms with Crippen LogP contribution < -0.4 is 10.0 Å².